The van der Waals surface area contributed by atoms with E-state index in [1.165, 1.54) is 0 Å². The smallest absolute Gasteiger partial charge is 0.211 e. The van der Waals surface area contributed by atoms with Crippen LogP contribution in [0.2, 0.25) is 5.02 Å². The van der Waals surface area contributed by atoms with E-state index in [0.717, 1.165) is 24.1 Å². The van der Waals surface area contributed by atoms with Gasteiger partial charge in [0.25, 0.3) is 0 Å². The van der Waals surface area contributed by atoms with Crippen LogP contribution in [0.5, 0.6) is 5.75 Å². The first-order chi connectivity index (χ1) is 7.26. The zero-order chi connectivity index (χ0) is 10.8. The van der Waals surface area contributed by atoms with E-state index < -0.39 is 0 Å². The Balaban J connectivity index is 2.42. The van der Waals surface area contributed by atoms with Crippen molar-refractivity contribution in [2.24, 2.45) is 0 Å². The highest BCUT2D eigenvalue weighted by atomic mass is 35.5. The van der Waals surface area contributed by atoms with Crippen LogP contribution in [0.15, 0.2) is 12.1 Å². The number of benzene rings is 1. The number of carbonyl (C=O) groups excluding carboxylic acids is 1. The second-order valence-electron chi connectivity index (χ2n) is 3.61. The van der Waals surface area contributed by atoms with E-state index in [2.05, 4.69) is 5.32 Å². The molecule has 0 atom stereocenters. The summed E-state index contributed by atoms with van der Waals surface area (Å²) < 4.78 is 5.10. The third-order valence-corrected chi connectivity index (χ3v) is 2.85. The Hall–Kier alpha value is -1.22. The molecule has 1 aliphatic carbocycles. The van der Waals surface area contributed by atoms with E-state index in [1.54, 1.807) is 13.2 Å². The van der Waals surface area contributed by atoms with Gasteiger partial charge >= 0.3 is 0 Å². The van der Waals surface area contributed by atoms with Gasteiger partial charge in [-0.2, -0.15) is 0 Å². The molecule has 0 aliphatic heterocycles. The fraction of sp³-hybridized carbons (Fsp3) is 0.364. The second kappa shape index (κ2) is 4.11. The average molecular weight is 226 g/mol. The molecule has 0 heterocycles. The minimum Gasteiger partial charge on any atom is -0.495 e. The van der Waals surface area contributed by atoms with E-state index in [1.807, 2.05) is 6.07 Å². The molecule has 1 aliphatic rings. The normalized spacial score (nSPS) is 14.8. The summed E-state index contributed by atoms with van der Waals surface area (Å²) in [7, 11) is 1.56. The van der Waals surface area contributed by atoms with Crippen LogP contribution in [0.4, 0.5) is 5.69 Å². The third-order valence-electron chi connectivity index (χ3n) is 2.56. The number of methoxy groups -OCH3 is 1. The summed E-state index contributed by atoms with van der Waals surface area (Å²) in [6.07, 6.45) is 3.00. The number of halogens is 1. The highest BCUT2D eigenvalue weighted by Crippen LogP contribution is 2.46. The lowest BCUT2D eigenvalue weighted by Gasteiger charge is -2.11. The maximum Gasteiger partial charge on any atom is 0.211 e. The lowest BCUT2D eigenvalue weighted by Crippen LogP contribution is -1.99. The molecule has 0 radical (unpaired) electrons. The lowest BCUT2D eigenvalue weighted by molar-refractivity contribution is -0.105. The van der Waals surface area contributed by atoms with Gasteiger partial charge in [-0.3, -0.25) is 4.79 Å². The molecular formula is C11H12ClNO2. The number of rotatable bonds is 4. The molecule has 0 spiro atoms. The summed E-state index contributed by atoms with van der Waals surface area (Å²) in [6.45, 7) is 0. The van der Waals surface area contributed by atoms with Crippen molar-refractivity contribution in [2.75, 3.05) is 12.4 Å². The fourth-order valence-corrected chi connectivity index (χ4v) is 1.90. The van der Waals surface area contributed by atoms with Crippen LogP contribution in [0, 0.1) is 0 Å². The number of carbonyl (C=O) groups is 1. The van der Waals surface area contributed by atoms with Gasteiger partial charge in [0.15, 0.2) is 0 Å². The van der Waals surface area contributed by atoms with Crippen molar-refractivity contribution < 1.29 is 9.53 Å². The van der Waals surface area contributed by atoms with Crippen molar-refractivity contribution >= 4 is 23.7 Å². The Morgan fingerprint density at radius 1 is 1.53 bits per heavy atom. The Bertz CT molecular complexity index is 388. The van der Waals surface area contributed by atoms with Crippen LogP contribution in [0.3, 0.4) is 0 Å². The minimum atomic E-state index is 0.538. The highest BCUT2D eigenvalue weighted by molar-refractivity contribution is 6.32. The molecule has 4 heteroatoms. The van der Waals surface area contributed by atoms with Crippen molar-refractivity contribution in [1.29, 1.82) is 0 Å². The van der Waals surface area contributed by atoms with E-state index >= 15 is 0 Å². The zero-order valence-corrected chi connectivity index (χ0v) is 9.17. The van der Waals surface area contributed by atoms with Crippen LogP contribution in [0.25, 0.3) is 0 Å². The van der Waals surface area contributed by atoms with Crippen LogP contribution >= 0.6 is 11.6 Å². The van der Waals surface area contributed by atoms with Gasteiger partial charge in [-0.05, 0) is 30.4 Å². The third kappa shape index (κ3) is 2.07. The molecule has 0 unspecified atom stereocenters. The fourth-order valence-electron chi connectivity index (χ4n) is 1.65. The van der Waals surface area contributed by atoms with Gasteiger partial charge in [0, 0.05) is 11.8 Å². The van der Waals surface area contributed by atoms with E-state index in [0.29, 0.717) is 23.1 Å². The van der Waals surface area contributed by atoms with Crippen LogP contribution in [-0.2, 0) is 4.79 Å². The molecule has 3 nitrogen and oxygen atoms in total. The summed E-state index contributed by atoms with van der Waals surface area (Å²) in [4.78, 5) is 10.5. The van der Waals surface area contributed by atoms with Gasteiger partial charge in [0.2, 0.25) is 6.41 Å². The Morgan fingerprint density at radius 3 is 2.80 bits per heavy atom. The van der Waals surface area contributed by atoms with E-state index in [4.69, 9.17) is 16.3 Å². The van der Waals surface area contributed by atoms with Crippen molar-refractivity contribution in [2.45, 2.75) is 18.8 Å². The van der Waals surface area contributed by atoms with Crippen LogP contribution < -0.4 is 10.1 Å². The van der Waals surface area contributed by atoms with Crippen LogP contribution in [-0.4, -0.2) is 13.5 Å². The van der Waals surface area contributed by atoms with Gasteiger partial charge in [-0.1, -0.05) is 11.6 Å². The van der Waals surface area contributed by atoms with Gasteiger partial charge in [0.1, 0.15) is 5.75 Å². The Morgan fingerprint density at radius 2 is 2.27 bits per heavy atom. The second-order valence-corrected chi connectivity index (χ2v) is 4.02. The predicted molar refractivity (Wildman–Crippen MR) is 59.7 cm³/mol. The Labute approximate surface area is 93.4 Å². The van der Waals surface area contributed by atoms with E-state index in [-0.39, 0.29) is 0 Å². The molecule has 15 heavy (non-hydrogen) atoms. The quantitative estimate of drug-likeness (QED) is 0.801. The lowest BCUT2D eigenvalue weighted by atomic mass is 10.1. The predicted octanol–water partition coefficient (Wildman–Crippen LogP) is 2.79. The highest BCUT2D eigenvalue weighted by Gasteiger charge is 2.27. The van der Waals surface area contributed by atoms with Crippen LogP contribution in [0.1, 0.15) is 24.3 Å². The summed E-state index contributed by atoms with van der Waals surface area (Å²) in [5.74, 6) is 1.13. The first kappa shape index (κ1) is 10.3. The Kier molecular flexibility index (Phi) is 2.82. The average Bonchev–Trinajstić information content (AvgIpc) is 3.04. The van der Waals surface area contributed by atoms with Gasteiger partial charge in [-0.25, -0.2) is 0 Å². The molecule has 1 fully saturated rings. The number of anilines is 1. The number of nitrogens with one attached hydrogen (secondary N) is 1. The summed E-state index contributed by atoms with van der Waals surface area (Å²) >= 11 is 6.03. The number of hydrogen-bond donors (Lipinski definition) is 1. The monoisotopic (exact) mass is 225 g/mol. The van der Waals surface area contributed by atoms with Gasteiger partial charge < -0.3 is 10.1 Å². The first-order valence-corrected chi connectivity index (χ1v) is 5.21. The first-order valence-electron chi connectivity index (χ1n) is 4.84. The standard InChI is InChI=1S/C11H12ClNO2/c1-15-11-5-10(13-6-14)8(4-9(11)12)7-2-3-7/h4-7H,2-3H2,1H3,(H,13,14). The maximum atomic E-state index is 10.5. The van der Waals surface area contributed by atoms with Gasteiger partial charge in [-0.15, -0.1) is 0 Å². The molecule has 1 N–H and O–H groups in total. The number of amides is 1. The van der Waals surface area contributed by atoms with Crippen molar-refractivity contribution in [3.05, 3.63) is 22.7 Å². The van der Waals surface area contributed by atoms with Crippen molar-refractivity contribution in [3.8, 4) is 5.75 Å². The summed E-state index contributed by atoms with van der Waals surface area (Å²) in [5.41, 5.74) is 1.90. The molecular weight excluding hydrogens is 214 g/mol. The maximum absolute atomic E-state index is 10.5. The molecule has 1 amide bonds. The van der Waals surface area contributed by atoms with Gasteiger partial charge in [0.05, 0.1) is 12.1 Å². The largest absolute Gasteiger partial charge is 0.495 e. The molecule has 0 saturated heterocycles. The topological polar surface area (TPSA) is 38.3 Å². The SMILES string of the molecule is COc1cc(NC=O)c(C2CC2)cc1Cl. The summed E-state index contributed by atoms with van der Waals surface area (Å²) in [5, 5.41) is 3.27. The zero-order valence-electron chi connectivity index (χ0n) is 8.42. The molecule has 2 rings (SSSR count). The molecule has 80 valence electrons. The van der Waals surface area contributed by atoms with Crippen molar-refractivity contribution in [1.82, 2.24) is 0 Å². The molecule has 0 bridgehead atoms. The van der Waals surface area contributed by atoms with E-state index in [9.17, 15) is 4.79 Å². The molecule has 0 aromatic heterocycles. The minimum absolute atomic E-state index is 0.538. The number of ether oxygens (including phenoxy) is 1. The summed E-state index contributed by atoms with van der Waals surface area (Å²) in [6, 6.07) is 3.65. The number of hydrogen-bond acceptors (Lipinski definition) is 2. The molecule has 1 aromatic carbocycles. The molecule has 1 aromatic rings. The molecule has 1 saturated carbocycles. The van der Waals surface area contributed by atoms with Crippen molar-refractivity contribution in [3.63, 3.8) is 0 Å².